The van der Waals surface area contributed by atoms with Gasteiger partial charge in [0.05, 0.1) is 22.9 Å². The summed E-state index contributed by atoms with van der Waals surface area (Å²) < 4.78 is 0. The summed E-state index contributed by atoms with van der Waals surface area (Å²) >= 11 is 0. The molecule has 25 heavy (non-hydrogen) atoms. The second kappa shape index (κ2) is 8.51. The minimum atomic E-state index is 0.370. The summed E-state index contributed by atoms with van der Waals surface area (Å²) in [5, 5.41) is 0. The Hall–Kier alpha value is -2.56. The maximum atomic E-state index is 11.3. The Morgan fingerprint density at radius 2 is 1.92 bits per heavy atom. The molecule has 5 nitrogen and oxygen atoms in total. The van der Waals surface area contributed by atoms with Gasteiger partial charge in [0.15, 0.2) is 0 Å². The average molecular weight is 336 g/mol. The number of unbranched alkanes of at least 4 members (excludes halogenated alkanes) is 3. The predicted octanol–water partition coefficient (Wildman–Crippen LogP) is 4.49. The van der Waals surface area contributed by atoms with Gasteiger partial charge in [-0.2, -0.15) is 0 Å². The first-order valence-corrected chi connectivity index (χ1v) is 9.03. The highest BCUT2D eigenvalue weighted by Crippen LogP contribution is 2.20. The highest BCUT2D eigenvalue weighted by molar-refractivity contribution is 5.79. The first-order valence-electron chi connectivity index (χ1n) is 9.03. The normalized spacial score (nSPS) is 11.1. The quantitative estimate of drug-likeness (QED) is 0.584. The third-order valence-corrected chi connectivity index (χ3v) is 4.40. The summed E-state index contributed by atoms with van der Waals surface area (Å²) in [7, 11) is 0. The van der Waals surface area contributed by atoms with E-state index in [4.69, 9.17) is 0 Å². The molecule has 0 atom stereocenters. The molecular formula is C20H24N4O. The second-order valence-electron chi connectivity index (χ2n) is 6.32. The number of pyridine rings is 2. The van der Waals surface area contributed by atoms with Crippen LogP contribution < -0.4 is 0 Å². The summed E-state index contributed by atoms with van der Waals surface area (Å²) in [6, 6.07) is 5.88. The van der Waals surface area contributed by atoms with Crippen LogP contribution in [-0.2, 0) is 11.2 Å². The minimum Gasteiger partial charge on any atom is -0.342 e. The molecule has 0 aromatic carbocycles. The second-order valence-corrected chi connectivity index (χ2v) is 6.32. The predicted molar refractivity (Wildman–Crippen MR) is 99.2 cm³/mol. The molecule has 0 fully saturated rings. The maximum Gasteiger partial charge on any atom is 0.132 e. The number of fused-ring (bicyclic) bond motifs is 1. The largest absolute Gasteiger partial charge is 0.342 e. The Morgan fingerprint density at radius 1 is 1.04 bits per heavy atom. The number of aryl methyl sites for hydroxylation is 1. The van der Waals surface area contributed by atoms with Gasteiger partial charge in [-0.05, 0) is 31.0 Å². The summed E-state index contributed by atoms with van der Waals surface area (Å²) in [5.41, 5.74) is 3.76. The van der Waals surface area contributed by atoms with E-state index in [0.717, 1.165) is 66.6 Å². The smallest absolute Gasteiger partial charge is 0.132 e. The number of aromatic amines is 1. The minimum absolute atomic E-state index is 0.370. The van der Waals surface area contributed by atoms with Gasteiger partial charge in [0, 0.05) is 37.2 Å². The zero-order chi connectivity index (χ0) is 17.5. The van der Waals surface area contributed by atoms with Gasteiger partial charge in [-0.15, -0.1) is 0 Å². The number of aromatic nitrogens is 4. The van der Waals surface area contributed by atoms with E-state index in [9.17, 15) is 4.79 Å². The lowest BCUT2D eigenvalue weighted by molar-refractivity contribution is -0.118. The first kappa shape index (κ1) is 17.3. The molecule has 0 radical (unpaired) electrons. The van der Waals surface area contributed by atoms with E-state index in [-0.39, 0.29) is 0 Å². The topological polar surface area (TPSA) is 71.5 Å². The molecule has 3 aromatic heterocycles. The zero-order valence-electron chi connectivity index (χ0n) is 14.7. The van der Waals surface area contributed by atoms with E-state index in [1.807, 2.05) is 37.5 Å². The molecule has 130 valence electrons. The highest BCUT2D eigenvalue weighted by atomic mass is 16.1. The number of hydrogen-bond acceptors (Lipinski definition) is 4. The van der Waals surface area contributed by atoms with Crippen LogP contribution in [-0.4, -0.2) is 25.7 Å². The van der Waals surface area contributed by atoms with Gasteiger partial charge in [0.25, 0.3) is 0 Å². The Kier molecular flexibility index (Phi) is 5.88. The Morgan fingerprint density at radius 3 is 2.80 bits per heavy atom. The lowest BCUT2D eigenvalue weighted by atomic mass is 10.1. The van der Waals surface area contributed by atoms with Crippen molar-refractivity contribution in [2.75, 3.05) is 0 Å². The van der Waals surface area contributed by atoms with Crippen LogP contribution in [0.3, 0.4) is 0 Å². The molecule has 0 amide bonds. The molecule has 5 heteroatoms. The van der Waals surface area contributed by atoms with Crippen LogP contribution in [0.5, 0.6) is 0 Å². The number of nitrogens with zero attached hydrogens (tertiary/aromatic N) is 3. The fourth-order valence-corrected chi connectivity index (χ4v) is 2.88. The molecule has 0 aliphatic carbocycles. The monoisotopic (exact) mass is 336 g/mol. The molecule has 0 aliphatic heterocycles. The van der Waals surface area contributed by atoms with Crippen LogP contribution in [0.4, 0.5) is 0 Å². The Balaban J connectivity index is 1.51. The van der Waals surface area contributed by atoms with Gasteiger partial charge in [0.2, 0.25) is 0 Å². The number of hydrogen-bond donors (Lipinski definition) is 1. The molecule has 0 aliphatic rings. The van der Waals surface area contributed by atoms with Crippen molar-refractivity contribution in [2.45, 2.75) is 51.9 Å². The van der Waals surface area contributed by atoms with Crippen molar-refractivity contribution in [1.29, 1.82) is 0 Å². The SMILES string of the molecule is CCC(=O)CCCCCCc1ncc(-c2cnc3cccnc3c2)[nH]1. The number of ketones is 1. The molecule has 1 N–H and O–H groups in total. The summed E-state index contributed by atoms with van der Waals surface area (Å²) in [6.07, 6.45) is 12.2. The summed E-state index contributed by atoms with van der Waals surface area (Å²) in [5.74, 6) is 1.37. The van der Waals surface area contributed by atoms with Gasteiger partial charge in [0.1, 0.15) is 11.6 Å². The lowest BCUT2D eigenvalue weighted by Gasteiger charge is -2.01. The zero-order valence-corrected chi connectivity index (χ0v) is 14.7. The van der Waals surface area contributed by atoms with E-state index in [2.05, 4.69) is 19.9 Å². The third kappa shape index (κ3) is 4.72. The number of H-pyrrole nitrogens is 1. The fraction of sp³-hybridized carbons (Fsp3) is 0.400. The van der Waals surface area contributed by atoms with Crippen LogP contribution in [0.25, 0.3) is 22.3 Å². The summed E-state index contributed by atoms with van der Waals surface area (Å²) in [4.78, 5) is 27.9. The van der Waals surface area contributed by atoms with Gasteiger partial charge in [-0.25, -0.2) is 4.98 Å². The number of carbonyl (C=O) groups excluding carboxylic acids is 1. The Labute approximate surface area is 147 Å². The van der Waals surface area contributed by atoms with E-state index in [1.165, 1.54) is 0 Å². The first-order chi connectivity index (χ1) is 12.3. The molecule has 3 heterocycles. The van der Waals surface area contributed by atoms with Crippen LogP contribution >= 0.6 is 0 Å². The number of imidazole rings is 1. The fourth-order valence-electron chi connectivity index (χ4n) is 2.88. The highest BCUT2D eigenvalue weighted by Gasteiger charge is 2.06. The molecule has 3 aromatic rings. The van der Waals surface area contributed by atoms with Gasteiger partial charge >= 0.3 is 0 Å². The summed E-state index contributed by atoms with van der Waals surface area (Å²) in [6.45, 7) is 1.93. The van der Waals surface area contributed by atoms with Gasteiger partial charge < -0.3 is 4.98 Å². The molecule has 0 unspecified atom stereocenters. The van der Waals surface area contributed by atoms with Crippen molar-refractivity contribution in [1.82, 2.24) is 19.9 Å². The lowest BCUT2D eigenvalue weighted by Crippen LogP contribution is -1.94. The molecule has 0 saturated heterocycles. The Bertz CT molecular complexity index is 840. The van der Waals surface area contributed by atoms with Crippen LogP contribution in [0.15, 0.2) is 36.8 Å². The number of rotatable bonds is 9. The average Bonchev–Trinajstić information content (AvgIpc) is 3.12. The van der Waals surface area contributed by atoms with Crippen molar-refractivity contribution < 1.29 is 4.79 Å². The van der Waals surface area contributed by atoms with Gasteiger partial charge in [-0.1, -0.05) is 19.8 Å². The van der Waals surface area contributed by atoms with E-state index >= 15 is 0 Å². The molecule has 0 saturated carbocycles. The van der Waals surface area contributed by atoms with Crippen molar-refractivity contribution in [2.24, 2.45) is 0 Å². The molecular weight excluding hydrogens is 312 g/mol. The molecule has 3 rings (SSSR count). The van der Waals surface area contributed by atoms with Crippen molar-refractivity contribution in [3.8, 4) is 11.3 Å². The van der Waals surface area contributed by atoms with Crippen molar-refractivity contribution >= 4 is 16.8 Å². The maximum absolute atomic E-state index is 11.3. The van der Waals surface area contributed by atoms with Crippen molar-refractivity contribution in [3.05, 3.63) is 42.6 Å². The van der Waals surface area contributed by atoms with Crippen LogP contribution in [0.1, 0.15) is 51.3 Å². The van der Waals surface area contributed by atoms with Crippen LogP contribution in [0.2, 0.25) is 0 Å². The standard InChI is InChI=1S/C20H24N4O/c1-2-16(25)8-5-3-4-6-10-20-23-14-19(24-20)15-12-18-17(22-13-15)9-7-11-21-18/h7,9,11-14H,2-6,8,10H2,1H3,(H,23,24). The van der Waals surface area contributed by atoms with Gasteiger partial charge in [-0.3, -0.25) is 14.8 Å². The number of carbonyl (C=O) groups is 1. The van der Waals surface area contributed by atoms with Crippen LogP contribution in [0, 0.1) is 0 Å². The van der Waals surface area contributed by atoms with E-state index in [1.54, 1.807) is 6.20 Å². The molecule has 0 bridgehead atoms. The number of Topliss-reactive ketones (excluding diaryl/α,β-unsaturated/α-hetero) is 1. The molecule has 0 spiro atoms. The van der Waals surface area contributed by atoms with Crippen molar-refractivity contribution in [3.63, 3.8) is 0 Å². The third-order valence-electron chi connectivity index (χ3n) is 4.40. The van der Waals surface area contributed by atoms with E-state index in [0.29, 0.717) is 12.2 Å². The number of nitrogens with one attached hydrogen (secondary N) is 1. The van der Waals surface area contributed by atoms with E-state index < -0.39 is 0 Å².